The molecule has 0 fully saturated rings. The van der Waals surface area contributed by atoms with Gasteiger partial charge in [0.1, 0.15) is 6.54 Å². The lowest BCUT2D eigenvalue weighted by Gasteiger charge is -2.27. The molecule has 3 N–H and O–H groups in total. The zero-order valence-corrected chi connectivity index (χ0v) is 52.8. The maximum atomic E-state index is 14.8. The monoisotopic (exact) mass is 1290 g/mol. The van der Waals surface area contributed by atoms with Crippen molar-refractivity contribution in [3.63, 3.8) is 0 Å². The number of unbranched alkanes of at least 4 members (excludes halogenated alkanes) is 10. The molecule has 85 heavy (non-hydrogen) atoms. The van der Waals surface area contributed by atoms with Gasteiger partial charge in [-0.05, 0) is 101 Å². The van der Waals surface area contributed by atoms with Gasteiger partial charge < -0.3 is 38.9 Å². The summed E-state index contributed by atoms with van der Waals surface area (Å²) < 4.78 is 170. The molecule has 2 amide bonds. The van der Waals surface area contributed by atoms with Crippen LogP contribution in [0.5, 0.6) is 0 Å². The fourth-order valence-corrected chi connectivity index (χ4v) is 14.0. The van der Waals surface area contributed by atoms with Gasteiger partial charge in [-0.25, -0.2) is 0 Å². The number of hydrogen-bond donors (Lipinski definition) is 3. The van der Waals surface area contributed by atoms with Gasteiger partial charge in [0, 0.05) is 78.4 Å². The molecule has 480 valence electrons. The fraction of sp³-hybridized carbons (Fsp3) is 0.632. The number of allylic oxidation sites excluding steroid dienone is 6. The van der Waals surface area contributed by atoms with Crippen LogP contribution >= 0.6 is 27.2 Å². The zero-order chi connectivity index (χ0) is 63.0. The Hall–Kier alpha value is -3.91. The van der Waals surface area contributed by atoms with E-state index in [2.05, 4.69) is 27.8 Å². The number of amides is 2. The molecule has 2 aromatic carbocycles. The predicted octanol–water partition coefficient (Wildman–Crippen LogP) is 12.0. The van der Waals surface area contributed by atoms with E-state index in [4.69, 9.17) is 18.1 Å². The number of hydrogen-bond acceptors (Lipinski definition) is 15. The molecule has 2 aliphatic rings. The molecule has 0 aliphatic carbocycles. The quantitative estimate of drug-likeness (QED) is 0.00647. The highest BCUT2D eigenvalue weighted by Crippen LogP contribution is 2.53. The van der Waals surface area contributed by atoms with Crippen molar-refractivity contribution in [2.24, 2.45) is 0 Å². The first-order chi connectivity index (χ1) is 40.1. The van der Waals surface area contributed by atoms with E-state index in [1.165, 1.54) is 0 Å². The standard InChI is InChI=1S/C57H84F6N4O14P2S2/c1-7-9-11-13-20-36-76-82(71,78-38-22-18-32-64-52(68)56(58,59)60)44-28-30-48-46(42-44)54(3,4)50(66(48)34-24-40-84-81-80-70)26-16-15-17-27-51-55(5,6)47-43-45(29-31-49(47)67(51)35-25-41-85(73,74)75)83(72,77-37-21-14-12-10-8-2)79-39-23-19-33-65-53(69)57(61,62)63/h15-17,26-31,42-43H,7-14,18-25,32-41H2,1-6H3,(H3-,64,65,68,69,70,73,74,75). The van der Waals surface area contributed by atoms with E-state index in [9.17, 15) is 63.3 Å². The summed E-state index contributed by atoms with van der Waals surface area (Å²) in [5.74, 6) is -4.23. The number of nitrogens with one attached hydrogen (secondary N) is 2. The smallest absolute Gasteiger partial charge is 0.471 e. The lowest BCUT2D eigenvalue weighted by atomic mass is 9.81. The van der Waals surface area contributed by atoms with Gasteiger partial charge in [-0.1, -0.05) is 97.3 Å². The van der Waals surface area contributed by atoms with Crippen LogP contribution in [-0.2, 0) is 67.1 Å². The van der Waals surface area contributed by atoms with E-state index in [0.29, 0.717) is 42.8 Å². The number of anilines is 1. The van der Waals surface area contributed by atoms with E-state index in [-0.39, 0.29) is 88.8 Å². The molecule has 28 heteroatoms. The predicted molar refractivity (Wildman–Crippen MR) is 315 cm³/mol. The molecule has 2 atom stereocenters. The summed E-state index contributed by atoms with van der Waals surface area (Å²) in [5, 5.41) is 18.2. The molecule has 2 aromatic rings. The maximum Gasteiger partial charge on any atom is 0.471 e. The number of rotatable bonds is 41. The second-order valence-corrected chi connectivity index (χ2v) is 28.1. The van der Waals surface area contributed by atoms with Gasteiger partial charge in [-0.2, -0.15) is 43.7 Å². The number of carbonyl (C=O) groups excluding carboxylic acids is 2. The second kappa shape index (κ2) is 34.7. The van der Waals surface area contributed by atoms with E-state index >= 15 is 0 Å². The fourth-order valence-electron chi connectivity index (χ4n) is 9.83. The molecule has 0 aromatic heterocycles. The summed E-state index contributed by atoms with van der Waals surface area (Å²) in [6.45, 7) is 12.1. The Morgan fingerprint density at radius 2 is 1.18 bits per heavy atom. The first-order valence-corrected chi connectivity index (χ1v) is 34.5. The third-order valence-corrected chi connectivity index (χ3v) is 19.7. The molecular weight excluding hydrogens is 1200 g/mol. The second-order valence-electron chi connectivity index (χ2n) is 21.7. The number of nitrogens with zero attached hydrogens (tertiary/aromatic N) is 2. The zero-order valence-electron chi connectivity index (χ0n) is 49.4. The molecule has 2 heterocycles. The SMILES string of the molecule is CCCCCCCOP(=O)(OCCCCNC(=O)C(F)(F)F)c1ccc2c(c1)C(C)(C)C(/C=C/C=C/C=C1\N(CCCS(=O)(=O)O)c3ccc(P(=O)(OCCCCCCC)OCCCCNC(=O)C(F)(F)F)cc3C1(C)C)=[N+]2CCCSOO[O-]. The van der Waals surface area contributed by atoms with Crippen molar-refractivity contribution in [1.29, 1.82) is 0 Å². The Bertz CT molecular complexity index is 2830. The van der Waals surface area contributed by atoms with Crippen LogP contribution in [0.3, 0.4) is 0 Å². The molecular formula is C57H84F6N4O14P2S2. The van der Waals surface area contributed by atoms with Crippen molar-refractivity contribution in [3.05, 3.63) is 83.6 Å². The summed E-state index contributed by atoms with van der Waals surface area (Å²) in [6, 6.07) is 10.4. The molecule has 2 aliphatic heterocycles. The van der Waals surface area contributed by atoms with Crippen LogP contribution in [-0.4, -0.2) is 112 Å². The third-order valence-electron chi connectivity index (χ3n) is 14.4. The summed E-state index contributed by atoms with van der Waals surface area (Å²) in [4.78, 5) is 24.5. The van der Waals surface area contributed by atoms with Crippen molar-refractivity contribution < 1.29 is 95.3 Å². The molecule has 2 unspecified atom stereocenters. The molecule has 0 spiro atoms. The van der Waals surface area contributed by atoms with Crippen LogP contribution in [0.2, 0.25) is 0 Å². The summed E-state index contributed by atoms with van der Waals surface area (Å²) in [7, 11) is -12.4. The van der Waals surface area contributed by atoms with Crippen LogP contribution in [0.15, 0.2) is 72.5 Å². The normalized spacial score (nSPS) is 17.0. The molecule has 4 rings (SSSR count). The first kappa shape index (κ1) is 73.6. The Kier molecular flexibility index (Phi) is 30.1. The van der Waals surface area contributed by atoms with Gasteiger partial charge in [0.2, 0.25) is 5.69 Å². The average Bonchev–Trinajstić information content (AvgIpc) is 1.67. The van der Waals surface area contributed by atoms with Crippen molar-refractivity contribution in [3.8, 4) is 0 Å². The largest absolute Gasteiger partial charge is 0.691 e. The number of benzene rings is 2. The summed E-state index contributed by atoms with van der Waals surface area (Å²) in [5.41, 5.74) is 3.00. The summed E-state index contributed by atoms with van der Waals surface area (Å²) >= 11 is 0.848. The van der Waals surface area contributed by atoms with Crippen molar-refractivity contribution in [2.75, 3.05) is 69.0 Å². The summed E-state index contributed by atoms with van der Waals surface area (Å²) in [6.07, 6.45) is 9.28. The highest BCUT2D eigenvalue weighted by atomic mass is 32.2. The highest BCUT2D eigenvalue weighted by Gasteiger charge is 2.46. The molecule has 0 saturated heterocycles. The minimum absolute atomic E-state index is 0.0469. The van der Waals surface area contributed by atoms with Crippen LogP contribution in [0, 0.1) is 0 Å². The Morgan fingerprint density at radius 1 is 0.682 bits per heavy atom. The Labute approximate surface area is 500 Å². The van der Waals surface area contributed by atoms with E-state index in [1.54, 1.807) is 30.3 Å². The Balaban J connectivity index is 1.68. The minimum atomic E-state index is -5.03. The van der Waals surface area contributed by atoms with Gasteiger partial charge in [-0.15, -0.1) is 0 Å². The van der Waals surface area contributed by atoms with Gasteiger partial charge >= 0.3 is 39.4 Å². The van der Waals surface area contributed by atoms with Crippen LogP contribution in [0.1, 0.15) is 155 Å². The van der Waals surface area contributed by atoms with Crippen LogP contribution < -0.4 is 31.4 Å². The van der Waals surface area contributed by atoms with Crippen molar-refractivity contribution in [1.82, 2.24) is 10.6 Å². The molecule has 0 saturated carbocycles. The van der Waals surface area contributed by atoms with E-state index in [1.807, 2.05) is 79.7 Å². The van der Waals surface area contributed by atoms with Crippen molar-refractivity contribution in [2.45, 2.75) is 167 Å². The maximum absolute atomic E-state index is 14.8. The Morgan fingerprint density at radius 3 is 1.67 bits per heavy atom. The lowest BCUT2D eigenvalue weighted by Crippen LogP contribution is -2.37. The molecule has 18 nitrogen and oxygen atoms in total. The number of halogens is 6. The molecule has 0 radical (unpaired) electrons. The molecule has 0 bridgehead atoms. The van der Waals surface area contributed by atoms with Crippen molar-refractivity contribution >= 4 is 76.9 Å². The lowest BCUT2D eigenvalue weighted by molar-refractivity contribution is -0.777. The minimum Gasteiger partial charge on any atom is -0.691 e. The van der Waals surface area contributed by atoms with Gasteiger partial charge in [0.15, 0.2) is 5.71 Å². The average molecular weight is 1290 g/mol. The van der Waals surface area contributed by atoms with Gasteiger partial charge in [-0.3, -0.25) is 28.3 Å². The van der Waals surface area contributed by atoms with Gasteiger partial charge in [0.25, 0.3) is 10.1 Å². The first-order valence-electron chi connectivity index (χ1n) is 28.9. The number of carbonyl (C=O) groups is 2. The van der Waals surface area contributed by atoms with Gasteiger partial charge in [0.05, 0.1) is 48.2 Å². The third kappa shape index (κ3) is 22.9. The van der Waals surface area contributed by atoms with Crippen LogP contribution in [0.25, 0.3) is 0 Å². The number of fused-ring (bicyclic) bond motifs is 2. The van der Waals surface area contributed by atoms with Crippen LogP contribution in [0.4, 0.5) is 37.7 Å². The van der Waals surface area contributed by atoms with E-state index in [0.717, 1.165) is 86.1 Å². The topological polar surface area (TPSA) is 231 Å². The number of alkyl halides is 6. The highest BCUT2D eigenvalue weighted by molar-refractivity contribution is 7.94. The van der Waals surface area contributed by atoms with E-state index < -0.39 is 66.1 Å².